The average Bonchev–Trinajstić information content (AvgIpc) is 3.23. The van der Waals surface area contributed by atoms with Gasteiger partial charge in [-0.05, 0) is 39.0 Å². The molecule has 2 fully saturated rings. The van der Waals surface area contributed by atoms with Gasteiger partial charge in [0.25, 0.3) is 0 Å². The van der Waals surface area contributed by atoms with E-state index in [1.165, 1.54) is 5.57 Å². The molecule has 6 heteroatoms. The van der Waals surface area contributed by atoms with Crippen LogP contribution >= 0.6 is 0 Å². The van der Waals surface area contributed by atoms with Gasteiger partial charge in [-0.3, -0.25) is 4.79 Å². The average molecular weight is 417 g/mol. The molecule has 1 N–H and O–H groups in total. The quantitative estimate of drug-likeness (QED) is 0.633. The number of hydrogen-bond acceptors (Lipinski definition) is 5. The molecule has 0 aromatic heterocycles. The van der Waals surface area contributed by atoms with Gasteiger partial charge in [-0.1, -0.05) is 25.5 Å². The third-order valence-electron chi connectivity index (χ3n) is 5.98. The fourth-order valence-electron chi connectivity index (χ4n) is 4.30. The summed E-state index contributed by atoms with van der Waals surface area (Å²) in [5, 5.41) is 3.13. The predicted octanol–water partition coefficient (Wildman–Crippen LogP) is 4.50. The molecule has 1 amide bonds. The summed E-state index contributed by atoms with van der Waals surface area (Å²) in [6.45, 7) is 16.4. The van der Waals surface area contributed by atoms with Crippen molar-refractivity contribution in [3.05, 3.63) is 23.8 Å². The Balaban J connectivity index is 1.88. The zero-order valence-electron chi connectivity index (χ0n) is 19.2. The van der Waals surface area contributed by atoms with Crippen molar-refractivity contribution in [2.75, 3.05) is 49.7 Å². The summed E-state index contributed by atoms with van der Waals surface area (Å²) in [7, 11) is 0. The van der Waals surface area contributed by atoms with Crippen LogP contribution in [0.1, 0.15) is 41.5 Å². The maximum atomic E-state index is 13.1. The lowest BCUT2D eigenvalue weighted by Gasteiger charge is -2.31. The first-order valence-electron chi connectivity index (χ1n) is 11.0. The Labute approximate surface area is 180 Å². The van der Waals surface area contributed by atoms with E-state index < -0.39 is 0 Å². The number of morpholine rings is 1. The van der Waals surface area contributed by atoms with Crippen LogP contribution in [0.3, 0.4) is 0 Å². The number of rotatable bonds is 8. The number of anilines is 2. The van der Waals surface area contributed by atoms with Gasteiger partial charge in [0, 0.05) is 25.2 Å². The minimum atomic E-state index is -0.0451. The van der Waals surface area contributed by atoms with Crippen molar-refractivity contribution >= 4 is 17.3 Å². The molecule has 166 valence electrons. The van der Waals surface area contributed by atoms with Crippen molar-refractivity contribution in [1.82, 2.24) is 0 Å². The third-order valence-corrected chi connectivity index (χ3v) is 5.98. The lowest BCUT2D eigenvalue weighted by molar-refractivity contribution is -0.118. The number of amides is 1. The molecule has 1 saturated carbocycles. The molecule has 0 radical (unpaired) electrons. The summed E-state index contributed by atoms with van der Waals surface area (Å²) < 4.78 is 17.3. The topological polar surface area (TPSA) is 60.0 Å². The zero-order valence-corrected chi connectivity index (χ0v) is 19.2. The molecule has 1 aliphatic carbocycles. The normalized spacial score (nSPS) is 22.3. The van der Waals surface area contributed by atoms with Crippen LogP contribution in [0, 0.1) is 17.3 Å². The van der Waals surface area contributed by atoms with E-state index in [9.17, 15) is 4.79 Å². The zero-order chi connectivity index (χ0) is 21.9. The first-order valence-corrected chi connectivity index (χ1v) is 11.0. The van der Waals surface area contributed by atoms with Gasteiger partial charge in [-0.2, -0.15) is 0 Å². The molecule has 1 heterocycles. The number of carbonyl (C=O) groups excluding carboxylic acids is 1. The van der Waals surface area contributed by atoms with Gasteiger partial charge in [0.2, 0.25) is 5.91 Å². The fourth-order valence-corrected chi connectivity index (χ4v) is 4.30. The van der Waals surface area contributed by atoms with Crippen LogP contribution in [-0.4, -0.2) is 45.4 Å². The largest absolute Gasteiger partial charge is 0.492 e. The van der Waals surface area contributed by atoms with Gasteiger partial charge in [-0.25, -0.2) is 0 Å². The Kier molecular flexibility index (Phi) is 6.96. The second kappa shape index (κ2) is 9.29. The van der Waals surface area contributed by atoms with Crippen LogP contribution in [-0.2, 0) is 9.53 Å². The molecular weight excluding hydrogens is 380 g/mol. The van der Waals surface area contributed by atoms with E-state index in [0.717, 1.165) is 24.5 Å². The first-order chi connectivity index (χ1) is 14.3. The molecule has 1 saturated heterocycles. The van der Waals surface area contributed by atoms with Crippen LogP contribution in [0.2, 0.25) is 0 Å². The van der Waals surface area contributed by atoms with Crippen LogP contribution < -0.4 is 19.7 Å². The summed E-state index contributed by atoms with van der Waals surface area (Å²) in [5.74, 6) is 1.68. The van der Waals surface area contributed by atoms with Crippen molar-refractivity contribution in [3.63, 3.8) is 0 Å². The van der Waals surface area contributed by atoms with E-state index in [1.54, 1.807) is 0 Å². The molecule has 1 aromatic rings. The van der Waals surface area contributed by atoms with Gasteiger partial charge < -0.3 is 24.4 Å². The predicted molar refractivity (Wildman–Crippen MR) is 121 cm³/mol. The number of nitrogens with zero attached hydrogens (tertiary/aromatic N) is 1. The molecule has 1 aromatic carbocycles. The van der Waals surface area contributed by atoms with Gasteiger partial charge in [0.05, 0.1) is 43.7 Å². The van der Waals surface area contributed by atoms with Crippen molar-refractivity contribution < 1.29 is 19.0 Å². The molecule has 1 aliphatic heterocycles. The van der Waals surface area contributed by atoms with Crippen LogP contribution in [0.15, 0.2) is 23.8 Å². The number of benzene rings is 1. The molecular formula is C24H36N2O4. The number of carbonyl (C=O) groups is 1. The van der Waals surface area contributed by atoms with Crippen molar-refractivity contribution in [2.45, 2.75) is 41.5 Å². The van der Waals surface area contributed by atoms with Crippen molar-refractivity contribution in [1.29, 1.82) is 0 Å². The highest BCUT2D eigenvalue weighted by atomic mass is 16.5. The number of hydrogen-bond donors (Lipinski definition) is 1. The van der Waals surface area contributed by atoms with E-state index in [4.69, 9.17) is 14.2 Å². The van der Waals surface area contributed by atoms with Gasteiger partial charge >= 0.3 is 0 Å². The second-order valence-corrected chi connectivity index (χ2v) is 8.84. The standard InChI is InChI=1S/C24H36N2O4/c1-7-29-20-15-19(26-9-11-28-12-10-26)21(30-8-2)14-18(20)25-23(27)22-17(13-16(3)4)24(22,5)6/h13-15,17,22H,7-12H2,1-6H3,(H,25,27). The fraction of sp³-hybridized carbons (Fsp3) is 0.625. The highest BCUT2D eigenvalue weighted by Gasteiger charge is 2.60. The number of nitrogens with one attached hydrogen (secondary N) is 1. The summed E-state index contributed by atoms with van der Waals surface area (Å²) in [4.78, 5) is 15.4. The smallest absolute Gasteiger partial charge is 0.228 e. The van der Waals surface area contributed by atoms with E-state index in [1.807, 2.05) is 26.0 Å². The van der Waals surface area contributed by atoms with Gasteiger partial charge in [0.15, 0.2) is 0 Å². The number of ether oxygens (including phenoxy) is 3. The molecule has 0 spiro atoms. The van der Waals surface area contributed by atoms with Gasteiger partial charge in [-0.15, -0.1) is 0 Å². The Morgan fingerprint density at radius 1 is 1.17 bits per heavy atom. The SMILES string of the molecule is CCOc1cc(N2CCOCC2)c(OCC)cc1NC(=O)C1C(C=C(C)C)C1(C)C. The van der Waals surface area contributed by atoms with E-state index >= 15 is 0 Å². The van der Waals surface area contributed by atoms with Crippen LogP contribution in [0.4, 0.5) is 11.4 Å². The second-order valence-electron chi connectivity index (χ2n) is 8.84. The molecule has 3 rings (SSSR count). The molecule has 2 unspecified atom stereocenters. The molecule has 30 heavy (non-hydrogen) atoms. The molecule has 2 aliphatic rings. The molecule has 2 atom stereocenters. The Morgan fingerprint density at radius 2 is 1.80 bits per heavy atom. The van der Waals surface area contributed by atoms with Crippen LogP contribution in [0.5, 0.6) is 11.5 Å². The van der Waals surface area contributed by atoms with Gasteiger partial charge in [0.1, 0.15) is 11.5 Å². The van der Waals surface area contributed by atoms with E-state index in [0.29, 0.717) is 37.9 Å². The third kappa shape index (κ3) is 4.75. The highest BCUT2D eigenvalue weighted by Crippen LogP contribution is 2.59. The summed E-state index contributed by atoms with van der Waals surface area (Å²) in [6.07, 6.45) is 2.21. The monoisotopic (exact) mass is 416 g/mol. The Bertz CT molecular complexity index is 793. The van der Waals surface area contributed by atoms with Crippen LogP contribution in [0.25, 0.3) is 0 Å². The maximum Gasteiger partial charge on any atom is 0.228 e. The minimum Gasteiger partial charge on any atom is -0.492 e. The minimum absolute atomic E-state index is 0.0324. The Morgan fingerprint density at radius 3 is 2.40 bits per heavy atom. The summed E-state index contributed by atoms with van der Waals surface area (Å²) in [5.41, 5.74) is 2.85. The lowest BCUT2D eigenvalue weighted by Crippen LogP contribution is -2.36. The summed E-state index contributed by atoms with van der Waals surface area (Å²) in [6, 6.07) is 3.89. The van der Waals surface area contributed by atoms with Crippen molar-refractivity contribution in [2.24, 2.45) is 17.3 Å². The maximum absolute atomic E-state index is 13.1. The number of allylic oxidation sites excluding steroid dienone is 2. The summed E-state index contributed by atoms with van der Waals surface area (Å²) >= 11 is 0. The van der Waals surface area contributed by atoms with E-state index in [2.05, 4.69) is 44.0 Å². The lowest BCUT2D eigenvalue weighted by atomic mass is 10.1. The molecule has 0 bridgehead atoms. The van der Waals surface area contributed by atoms with Crippen molar-refractivity contribution in [3.8, 4) is 11.5 Å². The molecule has 6 nitrogen and oxygen atoms in total. The highest BCUT2D eigenvalue weighted by molar-refractivity contribution is 5.97. The Hall–Kier alpha value is -2.21. The first kappa shape index (κ1) is 22.5. The van der Waals surface area contributed by atoms with E-state index in [-0.39, 0.29) is 23.2 Å².